The molecule has 0 saturated heterocycles. The predicted molar refractivity (Wildman–Crippen MR) is 48.5 cm³/mol. The van der Waals surface area contributed by atoms with Crippen molar-refractivity contribution in [2.75, 3.05) is 0 Å². The third-order valence-corrected chi connectivity index (χ3v) is 1.50. The summed E-state index contributed by atoms with van der Waals surface area (Å²) in [5, 5.41) is 20.2. The maximum atomic E-state index is 9.06. The van der Waals surface area contributed by atoms with Crippen LogP contribution in [0.4, 0.5) is 0 Å². The predicted octanol–water partition coefficient (Wildman–Crippen LogP) is 1.70. The lowest BCUT2D eigenvalue weighted by atomic mass is 10.2. The zero-order valence-electron chi connectivity index (χ0n) is 6.19. The molecule has 1 aromatic rings. The highest BCUT2D eigenvalue weighted by Gasteiger charge is 1.98. The highest BCUT2D eigenvalue weighted by atomic mass is 32.1. The first kappa shape index (κ1) is 8.71. The van der Waals surface area contributed by atoms with Gasteiger partial charge in [0.2, 0.25) is 0 Å². The first-order chi connectivity index (χ1) is 5.74. The van der Waals surface area contributed by atoms with Crippen LogP contribution in [0.3, 0.4) is 0 Å². The molecule has 62 valence electrons. The lowest BCUT2D eigenvalue weighted by molar-refractivity contribution is 0.403. The molecule has 12 heavy (non-hydrogen) atoms. The molecule has 0 aliphatic rings. The van der Waals surface area contributed by atoms with E-state index in [0.717, 1.165) is 5.56 Å². The lowest BCUT2D eigenvalue weighted by Crippen LogP contribution is -1.79. The molecule has 0 atom stereocenters. The third-order valence-electron chi connectivity index (χ3n) is 1.37. The van der Waals surface area contributed by atoms with E-state index in [4.69, 9.17) is 10.2 Å². The Bertz CT molecular complexity index is 332. The van der Waals surface area contributed by atoms with E-state index in [2.05, 4.69) is 22.4 Å². The van der Waals surface area contributed by atoms with Gasteiger partial charge in [-0.25, -0.2) is 4.99 Å². The minimum Gasteiger partial charge on any atom is -0.504 e. The fraction of sp³-hybridized carbons (Fsp3) is 0.125. The number of phenolic OH excluding ortho intramolecular Hbond substituents is 2. The quantitative estimate of drug-likeness (QED) is 0.415. The summed E-state index contributed by atoms with van der Waals surface area (Å²) in [6.07, 6.45) is 0. The Morgan fingerprint density at radius 2 is 2.08 bits per heavy atom. The van der Waals surface area contributed by atoms with Gasteiger partial charge in [0.25, 0.3) is 0 Å². The normalized spacial score (nSPS) is 9.00. The monoisotopic (exact) mass is 181 g/mol. The summed E-state index contributed by atoms with van der Waals surface area (Å²) < 4.78 is 0. The van der Waals surface area contributed by atoms with E-state index in [-0.39, 0.29) is 11.5 Å². The Morgan fingerprint density at radius 1 is 1.33 bits per heavy atom. The molecule has 0 bridgehead atoms. The van der Waals surface area contributed by atoms with Gasteiger partial charge in [-0.3, -0.25) is 0 Å². The van der Waals surface area contributed by atoms with E-state index in [1.165, 1.54) is 12.1 Å². The second kappa shape index (κ2) is 3.85. The van der Waals surface area contributed by atoms with Gasteiger partial charge in [-0.05, 0) is 29.9 Å². The maximum Gasteiger partial charge on any atom is 0.157 e. The van der Waals surface area contributed by atoms with E-state index in [0.29, 0.717) is 6.54 Å². The van der Waals surface area contributed by atoms with Crippen LogP contribution in [0.2, 0.25) is 0 Å². The SMILES string of the molecule is Oc1ccc(CN=C=S)cc1O. The van der Waals surface area contributed by atoms with Crippen LogP contribution < -0.4 is 0 Å². The topological polar surface area (TPSA) is 52.8 Å². The summed E-state index contributed by atoms with van der Waals surface area (Å²) in [5.74, 6) is -0.280. The van der Waals surface area contributed by atoms with Gasteiger partial charge in [-0.15, -0.1) is 0 Å². The Labute approximate surface area is 75.0 Å². The average Bonchev–Trinajstić information content (AvgIpc) is 2.07. The fourth-order valence-electron chi connectivity index (χ4n) is 0.791. The molecule has 0 saturated carbocycles. The molecule has 0 aromatic heterocycles. The first-order valence-electron chi connectivity index (χ1n) is 3.28. The van der Waals surface area contributed by atoms with E-state index in [1.807, 2.05) is 0 Å². The average molecular weight is 181 g/mol. The maximum absolute atomic E-state index is 9.06. The number of phenols is 2. The number of hydrogen-bond acceptors (Lipinski definition) is 4. The number of rotatable bonds is 2. The second-order valence-electron chi connectivity index (χ2n) is 2.23. The first-order valence-corrected chi connectivity index (χ1v) is 3.69. The minimum absolute atomic E-state index is 0.134. The van der Waals surface area contributed by atoms with Crippen LogP contribution in [0.1, 0.15) is 5.56 Å². The Kier molecular flexibility index (Phi) is 2.80. The molecule has 0 spiro atoms. The molecule has 1 rings (SSSR count). The van der Waals surface area contributed by atoms with E-state index >= 15 is 0 Å². The highest BCUT2D eigenvalue weighted by molar-refractivity contribution is 7.78. The van der Waals surface area contributed by atoms with Crippen molar-refractivity contribution in [2.45, 2.75) is 6.54 Å². The van der Waals surface area contributed by atoms with Crippen LogP contribution in [-0.2, 0) is 6.54 Å². The molecule has 0 amide bonds. The molecule has 3 nitrogen and oxygen atoms in total. The molecule has 0 heterocycles. The Balaban J connectivity index is 2.89. The lowest BCUT2D eigenvalue weighted by Gasteiger charge is -1.98. The highest BCUT2D eigenvalue weighted by Crippen LogP contribution is 2.24. The number of nitrogens with zero attached hydrogens (tertiary/aromatic N) is 1. The minimum atomic E-state index is -0.146. The molecule has 0 aliphatic heterocycles. The Morgan fingerprint density at radius 3 is 2.67 bits per heavy atom. The summed E-state index contributed by atoms with van der Waals surface area (Å²) in [6, 6.07) is 4.50. The molecule has 0 aliphatic carbocycles. The largest absolute Gasteiger partial charge is 0.504 e. The van der Waals surface area contributed by atoms with E-state index in [9.17, 15) is 0 Å². The van der Waals surface area contributed by atoms with Crippen LogP contribution in [0.5, 0.6) is 11.5 Å². The fourth-order valence-corrected chi connectivity index (χ4v) is 0.855. The van der Waals surface area contributed by atoms with Crippen molar-refractivity contribution in [1.29, 1.82) is 0 Å². The molecule has 2 N–H and O–H groups in total. The van der Waals surface area contributed by atoms with Gasteiger partial charge in [0.15, 0.2) is 11.5 Å². The Hall–Kier alpha value is -1.38. The van der Waals surface area contributed by atoms with Gasteiger partial charge in [0.1, 0.15) is 0 Å². The second-order valence-corrected chi connectivity index (χ2v) is 2.41. The zero-order chi connectivity index (χ0) is 8.97. The summed E-state index contributed by atoms with van der Waals surface area (Å²) in [5.41, 5.74) is 0.780. The zero-order valence-corrected chi connectivity index (χ0v) is 7.01. The van der Waals surface area contributed by atoms with Gasteiger partial charge in [-0.2, -0.15) is 0 Å². The van der Waals surface area contributed by atoms with Crippen molar-refractivity contribution < 1.29 is 10.2 Å². The molecule has 1 aromatic carbocycles. The van der Waals surface area contributed by atoms with Crippen LogP contribution in [0, 0.1) is 0 Å². The molecule has 4 heteroatoms. The van der Waals surface area contributed by atoms with Gasteiger partial charge in [0, 0.05) is 0 Å². The summed E-state index contributed by atoms with van der Waals surface area (Å²) in [4.78, 5) is 3.68. The van der Waals surface area contributed by atoms with Crippen LogP contribution in [0.15, 0.2) is 23.2 Å². The molecule has 0 fully saturated rings. The van der Waals surface area contributed by atoms with Gasteiger partial charge in [0.05, 0.1) is 11.7 Å². The van der Waals surface area contributed by atoms with Crippen molar-refractivity contribution >= 4 is 17.4 Å². The number of aliphatic imine (C=N–C) groups is 1. The van der Waals surface area contributed by atoms with Crippen LogP contribution in [0.25, 0.3) is 0 Å². The van der Waals surface area contributed by atoms with Crippen molar-refractivity contribution in [3.63, 3.8) is 0 Å². The van der Waals surface area contributed by atoms with Gasteiger partial charge >= 0.3 is 0 Å². The third kappa shape index (κ3) is 2.05. The standard InChI is InChI=1S/C8H7NO2S/c10-7-2-1-6(3-8(7)11)4-9-5-12/h1-3,10-11H,4H2. The molecule has 0 unspecified atom stereocenters. The van der Waals surface area contributed by atoms with Crippen molar-refractivity contribution in [3.8, 4) is 11.5 Å². The van der Waals surface area contributed by atoms with E-state index < -0.39 is 0 Å². The number of aromatic hydroxyl groups is 2. The molecular weight excluding hydrogens is 174 g/mol. The summed E-state index contributed by atoms with van der Waals surface area (Å²) in [7, 11) is 0. The number of benzene rings is 1. The smallest absolute Gasteiger partial charge is 0.157 e. The molecular formula is C8H7NO2S. The summed E-state index contributed by atoms with van der Waals surface area (Å²) >= 11 is 4.38. The van der Waals surface area contributed by atoms with E-state index in [1.54, 1.807) is 6.07 Å². The number of thiocarbonyl (C=S) groups is 1. The van der Waals surface area contributed by atoms with Crippen LogP contribution in [-0.4, -0.2) is 15.4 Å². The van der Waals surface area contributed by atoms with Crippen molar-refractivity contribution in [1.82, 2.24) is 0 Å². The van der Waals surface area contributed by atoms with Gasteiger partial charge < -0.3 is 10.2 Å². The van der Waals surface area contributed by atoms with Gasteiger partial charge in [-0.1, -0.05) is 6.07 Å². The van der Waals surface area contributed by atoms with Crippen molar-refractivity contribution in [3.05, 3.63) is 23.8 Å². The van der Waals surface area contributed by atoms with Crippen LogP contribution >= 0.6 is 12.2 Å². The number of hydrogen-bond donors (Lipinski definition) is 2. The molecule has 0 radical (unpaired) electrons. The number of isothiocyanates is 1. The van der Waals surface area contributed by atoms with Crippen molar-refractivity contribution in [2.24, 2.45) is 4.99 Å². The summed E-state index contributed by atoms with van der Waals surface area (Å²) in [6.45, 7) is 0.372.